The molecule has 0 bridgehead atoms. The summed E-state index contributed by atoms with van der Waals surface area (Å²) >= 11 is 0. The maximum Gasteiger partial charge on any atom is 0.0831 e. The lowest BCUT2D eigenvalue weighted by molar-refractivity contribution is -0.0760. The van der Waals surface area contributed by atoms with E-state index in [4.69, 9.17) is 4.74 Å². The van der Waals surface area contributed by atoms with E-state index in [0.717, 1.165) is 25.3 Å². The first-order valence-electron chi connectivity index (χ1n) is 7.47. The molecule has 1 rings (SSSR count). The highest BCUT2D eigenvalue weighted by molar-refractivity contribution is 4.99. The molecule has 1 saturated carbocycles. The van der Waals surface area contributed by atoms with Crippen molar-refractivity contribution >= 4 is 0 Å². The van der Waals surface area contributed by atoms with Crippen LogP contribution >= 0.6 is 0 Å². The van der Waals surface area contributed by atoms with Gasteiger partial charge < -0.3 is 10.1 Å². The van der Waals surface area contributed by atoms with Crippen LogP contribution in [0, 0.1) is 5.92 Å². The Morgan fingerprint density at radius 2 is 2.06 bits per heavy atom. The smallest absolute Gasteiger partial charge is 0.0831 e. The molecule has 1 unspecified atom stereocenters. The molecular weight excluding hydrogens is 222 g/mol. The Labute approximate surface area is 113 Å². The Kier molecular flexibility index (Phi) is 6.37. The Balaban J connectivity index is 2.69. The lowest BCUT2D eigenvalue weighted by Crippen LogP contribution is -2.53. The third kappa shape index (κ3) is 4.10. The van der Waals surface area contributed by atoms with Crippen molar-refractivity contribution in [2.45, 2.75) is 70.9 Å². The molecule has 0 aromatic rings. The molecule has 0 heterocycles. The van der Waals surface area contributed by atoms with Gasteiger partial charge in [0.25, 0.3) is 0 Å². The highest BCUT2D eigenvalue weighted by Crippen LogP contribution is 2.38. The number of nitrogens with one attached hydrogen (secondary N) is 1. The van der Waals surface area contributed by atoms with E-state index in [2.05, 4.69) is 32.7 Å². The fourth-order valence-electron chi connectivity index (χ4n) is 3.13. The van der Waals surface area contributed by atoms with Crippen LogP contribution in [-0.2, 0) is 4.74 Å². The minimum absolute atomic E-state index is 0.0535. The Bertz CT molecular complexity index is 254. The van der Waals surface area contributed by atoms with Crippen molar-refractivity contribution in [2.75, 3.05) is 13.7 Å². The zero-order chi connectivity index (χ0) is 13.6. The summed E-state index contributed by atoms with van der Waals surface area (Å²) in [5.74, 6) is 0.858. The lowest BCUT2D eigenvalue weighted by atomic mass is 9.74. The molecule has 1 aliphatic rings. The number of methoxy groups -OCH3 is 1. The molecule has 1 aliphatic carbocycles. The summed E-state index contributed by atoms with van der Waals surface area (Å²) in [6.45, 7) is 11.7. The van der Waals surface area contributed by atoms with Crippen LogP contribution in [-0.4, -0.2) is 25.3 Å². The van der Waals surface area contributed by atoms with Gasteiger partial charge in [0.15, 0.2) is 0 Å². The molecule has 0 aromatic heterocycles. The summed E-state index contributed by atoms with van der Waals surface area (Å²) < 4.78 is 5.98. The quantitative estimate of drug-likeness (QED) is 0.694. The van der Waals surface area contributed by atoms with Gasteiger partial charge in [-0.15, -0.1) is 6.58 Å². The number of hydrogen-bond acceptors (Lipinski definition) is 2. The summed E-state index contributed by atoms with van der Waals surface area (Å²) in [4.78, 5) is 0. The fourth-order valence-corrected chi connectivity index (χ4v) is 3.13. The second-order valence-electron chi connectivity index (χ2n) is 6.06. The first-order valence-corrected chi connectivity index (χ1v) is 7.47. The molecule has 0 radical (unpaired) electrons. The predicted octanol–water partition coefficient (Wildman–Crippen LogP) is 3.92. The van der Waals surface area contributed by atoms with E-state index in [1.807, 2.05) is 7.11 Å². The van der Waals surface area contributed by atoms with Crippen molar-refractivity contribution in [2.24, 2.45) is 5.92 Å². The molecule has 2 heteroatoms. The molecule has 1 N–H and O–H groups in total. The maximum absolute atomic E-state index is 5.98. The van der Waals surface area contributed by atoms with Crippen LogP contribution < -0.4 is 5.32 Å². The fraction of sp³-hybridized carbons (Fsp3) is 0.875. The van der Waals surface area contributed by atoms with Crippen LogP contribution in [0.15, 0.2) is 12.2 Å². The average Bonchev–Trinajstić information content (AvgIpc) is 2.36. The largest absolute Gasteiger partial charge is 0.377 e. The summed E-state index contributed by atoms with van der Waals surface area (Å²) in [5.41, 5.74) is 1.33. The third-order valence-electron chi connectivity index (χ3n) is 4.47. The van der Waals surface area contributed by atoms with Crippen molar-refractivity contribution in [1.29, 1.82) is 0 Å². The zero-order valence-corrected chi connectivity index (χ0v) is 12.7. The van der Waals surface area contributed by atoms with Crippen LogP contribution in [0.25, 0.3) is 0 Å². The van der Waals surface area contributed by atoms with Crippen molar-refractivity contribution in [3.63, 3.8) is 0 Å². The number of hydrogen-bond donors (Lipinski definition) is 1. The normalized spacial score (nSPS) is 30.1. The monoisotopic (exact) mass is 253 g/mol. The van der Waals surface area contributed by atoms with E-state index in [1.165, 1.54) is 31.3 Å². The Hall–Kier alpha value is -0.340. The highest BCUT2D eigenvalue weighted by atomic mass is 16.5. The van der Waals surface area contributed by atoms with Gasteiger partial charge in [-0.1, -0.05) is 19.4 Å². The van der Waals surface area contributed by atoms with Crippen molar-refractivity contribution in [3.05, 3.63) is 12.2 Å². The van der Waals surface area contributed by atoms with E-state index >= 15 is 0 Å². The number of ether oxygens (including phenoxy) is 1. The molecule has 1 atom stereocenters. The standard InChI is InChI=1S/C16H31NO/c1-6-17-15(8-7-13(2)3)16(18-5)11-9-14(4)10-12-16/h14-15,17H,2,6-12H2,1,3-5H3. The minimum Gasteiger partial charge on any atom is -0.377 e. The van der Waals surface area contributed by atoms with Gasteiger partial charge in [-0.3, -0.25) is 0 Å². The molecule has 0 aliphatic heterocycles. The van der Waals surface area contributed by atoms with Gasteiger partial charge in [0.2, 0.25) is 0 Å². The van der Waals surface area contributed by atoms with Gasteiger partial charge in [-0.2, -0.15) is 0 Å². The van der Waals surface area contributed by atoms with Gasteiger partial charge in [0.1, 0.15) is 0 Å². The van der Waals surface area contributed by atoms with Gasteiger partial charge in [0.05, 0.1) is 5.60 Å². The van der Waals surface area contributed by atoms with E-state index in [1.54, 1.807) is 0 Å². The molecule has 0 spiro atoms. The van der Waals surface area contributed by atoms with E-state index < -0.39 is 0 Å². The molecule has 2 nitrogen and oxygen atoms in total. The second-order valence-corrected chi connectivity index (χ2v) is 6.06. The third-order valence-corrected chi connectivity index (χ3v) is 4.47. The van der Waals surface area contributed by atoms with Crippen molar-refractivity contribution in [1.82, 2.24) is 5.32 Å². The molecule has 1 fully saturated rings. The lowest BCUT2D eigenvalue weighted by Gasteiger charge is -2.44. The first-order chi connectivity index (χ1) is 8.54. The van der Waals surface area contributed by atoms with Crippen LogP contribution in [0.1, 0.15) is 59.3 Å². The van der Waals surface area contributed by atoms with Crippen molar-refractivity contribution in [3.8, 4) is 0 Å². The second kappa shape index (κ2) is 7.30. The molecule has 106 valence electrons. The molecule has 0 aromatic carbocycles. The predicted molar refractivity (Wildman–Crippen MR) is 78.9 cm³/mol. The summed E-state index contributed by atoms with van der Waals surface area (Å²) in [6, 6.07) is 0.469. The van der Waals surface area contributed by atoms with E-state index in [9.17, 15) is 0 Å². The van der Waals surface area contributed by atoms with Gasteiger partial charge in [0, 0.05) is 13.2 Å². The van der Waals surface area contributed by atoms with Crippen LogP contribution in [0.2, 0.25) is 0 Å². The van der Waals surface area contributed by atoms with Crippen molar-refractivity contribution < 1.29 is 4.74 Å². The van der Waals surface area contributed by atoms with Gasteiger partial charge in [-0.25, -0.2) is 0 Å². The number of rotatable bonds is 7. The topological polar surface area (TPSA) is 21.3 Å². The highest BCUT2D eigenvalue weighted by Gasteiger charge is 2.40. The van der Waals surface area contributed by atoms with E-state index in [0.29, 0.717) is 6.04 Å². The van der Waals surface area contributed by atoms with E-state index in [-0.39, 0.29) is 5.60 Å². The van der Waals surface area contributed by atoms with Crippen LogP contribution in [0.5, 0.6) is 0 Å². The number of allylic oxidation sites excluding steroid dienone is 1. The first kappa shape index (κ1) is 15.7. The maximum atomic E-state index is 5.98. The molecule has 0 amide bonds. The SMILES string of the molecule is C=C(C)CCC(NCC)C1(OC)CCC(C)CC1. The van der Waals surface area contributed by atoms with Gasteiger partial charge in [-0.05, 0) is 57.9 Å². The summed E-state index contributed by atoms with van der Waals surface area (Å²) in [6.07, 6.45) is 7.21. The number of likely N-dealkylation sites (N-methyl/N-ethyl adjacent to an activating group) is 1. The van der Waals surface area contributed by atoms with Crippen LogP contribution in [0.4, 0.5) is 0 Å². The Morgan fingerprint density at radius 1 is 1.44 bits per heavy atom. The molecular formula is C16H31NO. The summed E-state index contributed by atoms with van der Waals surface area (Å²) in [7, 11) is 1.89. The van der Waals surface area contributed by atoms with Gasteiger partial charge >= 0.3 is 0 Å². The minimum atomic E-state index is 0.0535. The Morgan fingerprint density at radius 3 is 2.50 bits per heavy atom. The summed E-state index contributed by atoms with van der Waals surface area (Å²) in [5, 5.41) is 3.65. The van der Waals surface area contributed by atoms with Crippen LogP contribution in [0.3, 0.4) is 0 Å². The zero-order valence-electron chi connectivity index (χ0n) is 12.7. The average molecular weight is 253 g/mol. The molecule has 18 heavy (non-hydrogen) atoms. The molecule has 0 saturated heterocycles.